The molecule has 2 unspecified atom stereocenters. The Bertz CT molecular complexity index is 1460. The lowest BCUT2D eigenvalue weighted by atomic mass is 9.79. The lowest BCUT2D eigenvalue weighted by molar-refractivity contribution is -0.384. The van der Waals surface area contributed by atoms with Crippen molar-refractivity contribution in [1.29, 1.82) is 0 Å². The van der Waals surface area contributed by atoms with Gasteiger partial charge < -0.3 is 10.1 Å². The summed E-state index contributed by atoms with van der Waals surface area (Å²) in [5.74, 6) is -3.50. The lowest BCUT2D eigenvalue weighted by Gasteiger charge is -2.31. The first-order chi connectivity index (χ1) is 18.2. The van der Waals surface area contributed by atoms with Crippen LogP contribution in [0.4, 0.5) is 5.69 Å². The van der Waals surface area contributed by atoms with Crippen molar-refractivity contribution in [3.8, 4) is 0 Å². The zero-order valence-electron chi connectivity index (χ0n) is 22.1. The van der Waals surface area contributed by atoms with Gasteiger partial charge in [-0.2, -0.15) is 0 Å². The number of non-ortho nitro benzene ring substituents is 1. The first kappa shape index (κ1) is 30.0. The summed E-state index contributed by atoms with van der Waals surface area (Å²) in [7, 11) is -4.00. The number of nitrogens with zero attached hydrogens (tertiary/aromatic N) is 1. The van der Waals surface area contributed by atoms with E-state index in [4.69, 9.17) is 16.3 Å². The van der Waals surface area contributed by atoms with Crippen molar-refractivity contribution in [2.24, 2.45) is 0 Å². The number of nitro groups is 1. The molecule has 39 heavy (non-hydrogen) atoms. The average Bonchev–Trinajstić information content (AvgIpc) is 2.82. The van der Waals surface area contributed by atoms with Crippen LogP contribution in [0.15, 0.2) is 71.1 Å². The van der Waals surface area contributed by atoms with E-state index in [0.29, 0.717) is 22.0 Å². The van der Waals surface area contributed by atoms with Crippen molar-refractivity contribution in [1.82, 2.24) is 10.0 Å². The molecule has 1 aliphatic heterocycles. The van der Waals surface area contributed by atoms with E-state index in [1.54, 1.807) is 65.0 Å². The molecular weight excluding hydrogens is 546 g/mol. The standard InChI is InChI=1S/C27H30ClN3O7S/c1-15(2)30-39(36,37)14-23(32)24-16(3)29-17(4)25(26(24)20-7-6-8-22(13-20)31(34)35)27(33)38-18(5)19-9-11-21(28)12-10-19/h6-13,15,18,26,29-30H,14H2,1-5H3. The summed E-state index contributed by atoms with van der Waals surface area (Å²) >= 11 is 5.96. The maximum atomic E-state index is 13.6. The van der Waals surface area contributed by atoms with Gasteiger partial charge in [0, 0.05) is 46.1 Å². The van der Waals surface area contributed by atoms with Crippen molar-refractivity contribution in [2.45, 2.75) is 52.7 Å². The smallest absolute Gasteiger partial charge is 0.337 e. The summed E-state index contributed by atoms with van der Waals surface area (Å²) in [6.45, 7) is 8.13. The highest BCUT2D eigenvalue weighted by Gasteiger charge is 2.39. The van der Waals surface area contributed by atoms with Crippen LogP contribution < -0.4 is 10.0 Å². The Hall–Kier alpha value is -3.54. The summed E-state index contributed by atoms with van der Waals surface area (Å²) in [5.41, 5.74) is 1.45. The minimum Gasteiger partial charge on any atom is -0.454 e. The van der Waals surface area contributed by atoms with Gasteiger partial charge in [0.25, 0.3) is 5.69 Å². The lowest BCUT2D eigenvalue weighted by Crippen LogP contribution is -2.38. The van der Waals surface area contributed by atoms with Crippen LogP contribution in [-0.4, -0.2) is 36.9 Å². The molecule has 1 heterocycles. The Kier molecular flexibility index (Phi) is 9.31. The fourth-order valence-electron chi connectivity index (χ4n) is 4.46. The number of hydrogen-bond donors (Lipinski definition) is 2. The number of carbonyl (C=O) groups excluding carboxylic acids is 2. The number of allylic oxidation sites excluding steroid dienone is 3. The number of nitrogens with one attached hydrogen (secondary N) is 2. The molecule has 2 N–H and O–H groups in total. The van der Waals surface area contributed by atoms with Crippen molar-refractivity contribution in [2.75, 3.05) is 5.75 Å². The van der Waals surface area contributed by atoms with Crippen molar-refractivity contribution >= 4 is 39.1 Å². The SMILES string of the molecule is CC1=C(C(=O)CS(=O)(=O)NC(C)C)C(c2cccc([N+](=O)[O-])c2)C(C(=O)OC(C)c2ccc(Cl)cc2)=C(C)N1. The number of rotatable bonds is 10. The van der Waals surface area contributed by atoms with E-state index >= 15 is 0 Å². The van der Waals surface area contributed by atoms with Gasteiger partial charge >= 0.3 is 5.97 Å². The van der Waals surface area contributed by atoms with Gasteiger partial charge in [-0.3, -0.25) is 14.9 Å². The number of dihydropyridines is 1. The van der Waals surface area contributed by atoms with Crippen LogP contribution in [-0.2, 0) is 24.3 Å². The number of Topliss-reactive ketones (excluding diaryl/α,β-unsaturated/α-hetero) is 1. The number of esters is 1. The van der Waals surface area contributed by atoms with Crippen molar-refractivity contribution in [3.63, 3.8) is 0 Å². The molecule has 208 valence electrons. The molecule has 0 aromatic heterocycles. The first-order valence-electron chi connectivity index (χ1n) is 12.1. The summed E-state index contributed by atoms with van der Waals surface area (Å²) in [5, 5.41) is 15.0. The molecule has 0 saturated heterocycles. The minimum absolute atomic E-state index is 0.00123. The van der Waals surface area contributed by atoms with Gasteiger partial charge in [0.2, 0.25) is 10.0 Å². The number of ketones is 1. The van der Waals surface area contributed by atoms with Crippen LogP contribution in [0.25, 0.3) is 0 Å². The molecular formula is C27H30ClN3O7S. The van der Waals surface area contributed by atoms with Crippen LogP contribution in [0.2, 0.25) is 5.02 Å². The van der Waals surface area contributed by atoms with E-state index in [9.17, 15) is 28.1 Å². The van der Waals surface area contributed by atoms with Gasteiger partial charge in [0.1, 0.15) is 11.9 Å². The summed E-state index contributed by atoms with van der Waals surface area (Å²) < 4.78 is 33.4. The number of nitro benzene ring substituents is 1. The zero-order valence-corrected chi connectivity index (χ0v) is 23.7. The maximum Gasteiger partial charge on any atom is 0.337 e. The summed E-state index contributed by atoms with van der Waals surface area (Å²) in [4.78, 5) is 38.1. The molecule has 0 saturated carbocycles. The van der Waals surface area contributed by atoms with Crippen LogP contribution in [0, 0.1) is 10.1 Å². The molecule has 2 aromatic carbocycles. The Morgan fingerprint density at radius 1 is 1.08 bits per heavy atom. The van der Waals surface area contributed by atoms with Crippen LogP contribution in [0.3, 0.4) is 0 Å². The second kappa shape index (κ2) is 12.1. The molecule has 0 radical (unpaired) electrons. The Morgan fingerprint density at radius 2 is 1.69 bits per heavy atom. The van der Waals surface area contributed by atoms with Crippen molar-refractivity contribution in [3.05, 3.63) is 97.3 Å². The average molecular weight is 576 g/mol. The number of ether oxygens (including phenoxy) is 1. The van der Waals surface area contributed by atoms with E-state index in [1.807, 2.05) is 0 Å². The fraction of sp³-hybridized carbons (Fsp3) is 0.333. The van der Waals surface area contributed by atoms with Gasteiger partial charge in [-0.1, -0.05) is 35.9 Å². The van der Waals surface area contributed by atoms with Gasteiger partial charge in [-0.05, 0) is 57.9 Å². The molecule has 0 bridgehead atoms. The molecule has 2 aromatic rings. The zero-order chi connectivity index (χ0) is 29.1. The van der Waals surface area contributed by atoms with E-state index < -0.39 is 50.5 Å². The number of benzene rings is 2. The summed E-state index contributed by atoms with van der Waals surface area (Å²) in [6, 6.07) is 11.9. The predicted molar refractivity (Wildman–Crippen MR) is 147 cm³/mol. The molecule has 3 rings (SSSR count). The molecule has 1 aliphatic rings. The molecule has 0 spiro atoms. The molecule has 10 nitrogen and oxygen atoms in total. The highest BCUT2D eigenvalue weighted by atomic mass is 35.5. The van der Waals surface area contributed by atoms with Crippen LogP contribution in [0.1, 0.15) is 57.8 Å². The second-order valence-electron chi connectivity index (χ2n) is 9.54. The van der Waals surface area contributed by atoms with Crippen LogP contribution in [0.5, 0.6) is 0 Å². The molecule has 0 aliphatic carbocycles. The van der Waals surface area contributed by atoms with E-state index in [-0.39, 0.29) is 22.4 Å². The van der Waals surface area contributed by atoms with E-state index in [1.165, 1.54) is 18.2 Å². The fourth-order valence-corrected chi connectivity index (χ4v) is 5.89. The van der Waals surface area contributed by atoms with Crippen molar-refractivity contribution < 1.29 is 27.7 Å². The Morgan fingerprint density at radius 3 is 2.28 bits per heavy atom. The number of carbonyl (C=O) groups is 2. The molecule has 0 amide bonds. The highest BCUT2D eigenvalue weighted by Crippen LogP contribution is 2.40. The molecule has 0 fully saturated rings. The predicted octanol–water partition coefficient (Wildman–Crippen LogP) is 4.68. The van der Waals surface area contributed by atoms with Gasteiger partial charge in [-0.25, -0.2) is 17.9 Å². The largest absolute Gasteiger partial charge is 0.454 e. The normalized spacial score (nSPS) is 16.6. The third-order valence-electron chi connectivity index (χ3n) is 6.05. The highest BCUT2D eigenvalue weighted by molar-refractivity contribution is 7.90. The molecule has 12 heteroatoms. The van der Waals surface area contributed by atoms with Crippen LogP contribution >= 0.6 is 11.6 Å². The minimum atomic E-state index is -4.00. The summed E-state index contributed by atoms with van der Waals surface area (Å²) in [6.07, 6.45) is -0.692. The second-order valence-corrected chi connectivity index (χ2v) is 11.7. The first-order valence-corrected chi connectivity index (χ1v) is 14.2. The van der Waals surface area contributed by atoms with Gasteiger partial charge in [-0.15, -0.1) is 0 Å². The van der Waals surface area contributed by atoms with E-state index in [0.717, 1.165) is 0 Å². The topological polar surface area (TPSA) is 145 Å². The number of hydrogen-bond acceptors (Lipinski definition) is 8. The monoisotopic (exact) mass is 575 g/mol. The Balaban J connectivity index is 2.09. The maximum absolute atomic E-state index is 13.6. The molecule has 2 atom stereocenters. The van der Waals surface area contributed by atoms with E-state index in [2.05, 4.69) is 10.0 Å². The third kappa shape index (κ3) is 7.31. The number of sulfonamides is 1. The van der Waals surface area contributed by atoms with Gasteiger partial charge in [0.05, 0.1) is 10.5 Å². The van der Waals surface area contributed by atoms with Gasteiger partial charge in [0.15, 0.2) is 5.78 Å². The number of halogens is 1. The third-order valence-corrected chi connectivity index (χ3v) is 7.78. The quantitative estimate of drug-likeness (QED) is 0.236. The Labute approximate surface area is 232 Å².